The van der Waals surface area contributed by atoms with Crippen LogP contribution >= 0.6 is 0 Å². The molecule has 0 spiro atoms. The van der Waals surface area contributed by atoms with Gasteiger partial charge in [0.25, 0.3) is 0 Å². The van der Waals surface area contributed by atoms with Gasteiger partial charge in [0.05, 0.1) is 11.7 Å². The number of aryl methyl sites for hydroxylation is 1. The number of rotatable bonds is 3. The van der Waals surface area contributed by atoms with Crippen LogP contribution in [0.4, 0.5) is 0 Å². The Balaban J connectivity index is 2.19. The monoisotopic (exact) mass is 274 g/mol. The second-order valence-electron chi connectivity index (χ2n) is 7.07. The zero-order chi connectivity index (χ0) is 14.9. The molecule has 3 nitrogen and oxygen atoms in total. The zero-order valence-corrected chi connectivity index (χ0v) is 13.0. The lowest BCUT2D eigenvalue weighted by atomic mass is 9.71. The summed E-state index contributed by atoms with van der Waals surface area (Å²) in [7, 11) is 0. The molecule has 1 aromatic carbocycles. The standard InChI is InChI=1S/C17H26N2O/c1-11-5-6-15(14(8-11)16(18)19)20-13-7-12(2)9-17(3,4)10-13/h5-6,8,12-13H,7,9-10H2,1-4H3,(H3,18,19). The van der Waals surface area contributed by atoms with Crippen molar-refractivity contribution in [2.24, 2.45) is 17.1 Å². The van der Waals surface area contributed by atoms with E-state index in [0.29, 0.717) is 16.9 Å². The van der Waals surface area contributed by atoms with Crippen LogP contribution in [0.5, 0.6) is 5.75 Å². The lowest BCUT2D eigenvalue weighted by molar-refractivity contribution is 0.0561. The Morgan fingerprint density at radius 1 is 1.35 bits per heavy atom. The average molecular weight is 274 g/mol. The number of nitrogens with one attached hydrogen (secondary N) is 1. The van der Waals surface area contributed by atoms with Gasteiger partial charge in [-0.15, -0.1) is 0 Å². The number of hydrogen-bond acceptors (Lipinski definition) is 2. The first kappa shape index (κ1) is 14.9. The summed E-state index contributed by atoms with van der Waals surface area (Å²) >= 11 is 0. The maximum Gasteiger partial charge on any atom is 0.130 e. The van der Waals surface area contributed by atoms with E-state index in [0.717, 1.165) is 24.2 Å². The maximum absolute atomic E-state index is 7.71. The van der Waals surface area contributed by atoms with Crippen molar-refractivity contribution in [1.82, 2.24) is 0 Å². The molecule has 1 aliphatic rings. The van der Waals surface area contributed by atoms with Gasteiger partial charge in [0, 0.05) is 0 Å². The molecule has 0 heterocycles. The molecule has 0 bridgehead atoms. The molecule has 0 aromatic heterocycles. The van der Waals surface area contributed by atoms with Crippen molar-refractivity contribution in [2.75, 3.05) is 0 Å². The molecule has 1 fully saturated rings. The lowest BCUT2D eigenvalue weighted by Crippen LogP contribution is -2.34. The minimum Gasteiger partial charge on any atom is -0.490 e. The van der Waals surface area contributed by atoms with E-state index in [-0.39, 0.29) is 11.9 Å². The van der Waals surface area contributed by atoms with Crippen LogP contribution in [-0.2, 0) is 0 Å². The minimum absolute atomic E-state index is 0.0758. The number of nitrogens with two attached hydrogens (primary N) is 1. The number of benzene rings is 1. The van der Waals surface area contributed by atoms with E-state index >= 15 is 0 Å². The van der Waals surface area contributed by atoms with Gasteiger partial charge in [-0.2, -0.15) is 0 Å². The highest BCUT2D eigenvalue weighted by Gasteiger charge is 2.33. The normalized spacial score (nSPS) is 25.2. The molecule has 2 rings (SSSR count). The molecule has 2 unspecified atom stereocenters. The Kier molecular flexibility index (Phi) is 4.07. The van der Waals surface area contributed by atoms with Crippen LogP contribution in [0, 0.1) is 23.7 Å². The average Bonchev–Trinajstić information content (AvgIpc) is 2.28. The van der Waals surface area contributed by atoms with Crippen LogP contribution in [0.3, 0.4) is 0 Å². The third-order valence-corrected chi connectivity index (χ3v) is 4.07. The smallest absolute Gasteiger partial charge is 0.130 e. The summed E-state index contributed by atoms with van der Waals surface area (Å²) in [4.78, 5) is 0. The molecule has 1 aliphatic carbocycles. The van der Waals surface area contributed by atoms with Crippen LogP contribution < -0.4 is 10.5 Å². The van der Waals surface area contributed by atoms with Crippen LogP contribution in [0.15, 0.2) is 18.2 Å². The Hall–Kier alpha value is -1.51. The van der Waals surface area contributed by atoms with E-state index in [4.69, 9.17) is 15.9 Å². The summed E-state index contributed by atoms with van der Waals surface area (Å²) in [5, 5.41) is 7.71. The van der Waals surface area contributed by atoms with E-state index in [1.165, 1.54) is 6.42 Å². The summed E-state index contributed by atoms with van der Waals surface area (Å²) in [6.45, 7) is 8.90. The van der Waals surface area contributed by atoms with Gasteiger partial charge in [-0.3, -0.25) is 5.41 Å². The Morgan fingerprint density at radius 3 is 2.65 bits per heavy atom. The van der Waals surface area contributed by atoms with E-state index in [1.807, 2.05) is 25.1 Å². The number of hydrogen-bond donors (Lipinski definition) is 2. The van der Waals surface area contributed by atoms with Gasteiger partial charge in [0.1, 0.15) is 11.6 Å². The summed E-state index contributed by atoms with van der Waals surface area (Å²) in [6, 6.07) is 5.88. The highest BCUT2D eigenvalue weighted by molar-refractivity contribution is 5.97. The molecule has 0 radical (unpaired) electrons. The number of amidine groups is 1. The van der Waals surface area contributed by atoms with Gasteiger partial charge in [0.15, 0.2) is 0 Å². The minimum atomic E-state index is 0.0758. The van der Waals surface area contributed by atoms with Crippen LogP contribution in [0.2, 0.25) is 0 Å². The first-order valence-corrected chi connectivity index (χ1v) is 7.38. The largest absolute Gasteiger partial charge is 0.490 e. The van der Waals surface area contributed by atoms with E-state index in [2.05, 4.69) is 20.8 Å². The fourth-order valence-corrected chi connectivity index (χ4v) is 3.48. The van der Waals surface area contributed by atoms with Crippen molar-refractivity contribution in [3.05, 3.63) is 29.3 Å². The molecule has 0 saturated heterocycles. The molecular formula is C17H26N2O. The molecule has 0 aliphatic heterocycles. The molecule has 0 amide bonds. The second kappa shape index (κ2) is 5.47. The van der Waals surface area contributed by atoms with Crippen LogP contribution in [-0.4, -0.2) is 11.9 Å². The number of ether oxygens (including phenoxy) is 1. The predicted octanol–water partition coefficient (Wildman–Crippen LogP) is 3.87. The molecule has 1 saturated carbocycles. The first-order valence-electron chi connectivity index (χ1n) is 7.38. The van der Waals surface area contributed by atoms with E-state index in [1.54, 1.807) is 0 Å². The molecular weight excluding hydrogens is 248 g/mol. The van der Waals surface area contributed by atoms with Gasteiger partial charge in [-0.25, -0.2) is 0 Å². The summed E-state index contributed by atoms with van der Waals surface area (Å²) in [5.74, 6) is 1.50. The third-order valence-electron chi connectivity index (χ3n) is 4.07. The van der Waals surface area contributed by atoms with Crippen molar-refractivity contribution < 1.29 is 4.74 Å². The van der Waals surface area contributed by atoms with Crippen molar-refractivity contribution in [3.63, 3.8) is 0 Å². The predicted molar refractivity (Wildman–Crippen MR) is 83.4 cm³/mol. The molecule has 3 heteroatoms. The Labute approximate surface area is 122 Å². The molecule has 20 heavy (non-hydrogen) atoms. The quantitative estimate of drug-likeness (QED) is 0.649. The van der Waals surface area contributed by atoms with Crippen molar-refractivity contribution in [3.8, 4) is 5.75 Å². The fraction of sp³-hybridized carbons (Fsp3) is 0.588. The molecule has 110 valence electrons. The fourth-order valence-electron chi connectivity index (χ4n) is 3.48. The van der Waals surface area contributed by atoms with Gasteiger partial charge in [-0.1, -0.05) is 32.4 Å². The van der Waals surface area contributed by atoms with Crippen LogP contribution in [0.25, 0.3) is 0 Å². The SMILES string of the molecule is Cc1ccc(OC2CC(C)CC(C)(C)C2)c(C(=N)N)c1. The van der Waals surface area contributed by atoms with Crippen molar-refractivity contribution in [1.29, 1.82) is 5.41 Å². The summed E-state index contributed by atoms with van der Waals surface area (Å²) in [5.41, 5.74) is 7.80. The lowest BCUT2D eigenvalue weighted by Gasteiger charge is -2.39. The van der Waals surface area contributed by atoms with E-state index < -0.39 is 0 Å². The molecule has 1 aromatic rings. The van der Waals surface area contributed by atoms with Gasteiger partial charge < -0.3 is 10.5 Å². The van der Waals surface area contributed by atoms with Gasteiger partial charge >= 0.3 is 0 Å². The molecule has 3 N–H and O–H groups in total. The zero-order valence-electron chi connectivity index (χ0n) is 13.0. The maximum atomic E-state index is 7.71. The third kappa shape index (κ3) is 3.53. The van der Waals surface area contributed by atoms with Crippen LogP contribution in [0.1, 0.15) is 51.2 Å². The first-order chi connectivity index (χ1) is 9.27. The highest BCUT2D eigenvalue weighted by atomic mass is 16.5. The number of nitrogen functional groups attached to an aromatic ring is 1. The summed E-state index contributed by atoms with van der Waals surface area (Å²) in [6.07, 6.45) is 3.60. The second-order valence-corrected chi connectivity index (χ2v) is 7.07. The highest BCUT2D eigenvalue weighted by Crippen LogP contribution is 2.40. The summed E-state index contributed by atoms with van der Waals surface area (Å²) < 4.78 is 6.19. The van der Waals surface area contributed by atoms with Crippen molar-refractivity contribution >= 4 is 5.84 Å². The Bertz CT molecular complexity index is 508. The van der Waals surface area contributed by atoms with Crippen molar-refractivity contribution in [2.45, 2.75) is 53.1 Å². The Morgan fingerprint density at radius 2 is 2.05 bits per heavy atom. The van der Waals surface area contributed by atoms with Gasteiger partial charge in [-0.05, 0) is 49.7 Å². The van der Waals surface area contributed by atoms with E-state index in [9.17, 15) is 0 Å². The topological polar surface area (TPSA) is 59.1 Å². The van der Waals surface area contributed by atoms with Gasteiger partial charge in [0.2, 0.25) is 0 Å². The molecule has 2 atom stereocenters.